The van der Waals surface area contributed by atoms with Crippen molar-refractivity contribution in [2.24, 2.45) is 0 Å². The summed E-state index contributed by atoms with van der Waals surface area (Å²) in [6.07, 6.45) is 1.14. The van der Waals surface area contributed by atoms with Crippen molar-refractivity contribution in [1.29, 1.82) is 0 Å². The molecule has 0 bridgehead atoms. The van der Waals surface area contributed by atoms with E-state index < -0.39 is 0 Å². The zero-order chi connectivity index (χ0) is 13.7. The number of carbonyl (C=O) groups excluding carboxylic acids is 1. The minimum Gasteiger partial charge on any atom is -0.337 e. The van der Waals surface area contributed by atoms with Crippen molar-refractivity contribution in [2.75, 3.05) is 33.7 Å². The maximum Gasteiger partial charge on any atom is 0.316 e. The predicted octanol–water partition coefficient (Wildman–Crippen LogP) is 1.56. The van der Waals surface area contributed by atoms with Crippen LogP contribution in [0.2, 0.25) is 0 Å². The second-order valence-corrected chi connectivity index (χ2v) is 6.22. The van der Waals surface area contributed by atoms with Crippen molar-refractivity contribution in [3.05, 3.63) is 29.8 Å². The number of nitrogens with zero attached hydrogens (tertiary/aromatic N) is 1. The van der Waals surface area contributed by atoms with E-state index in [0.717, 1.165) is 19.5 Å². The lowest BCUT2D eigenvalue weighted by atomic mass is 10.1. The lowest BCUT2D eigenvalue weighted by molar-refractivity contribution is 0.217. The van der Waals surface area contributed by atoms with Crippen LogP contribution >= 0.6 is 11.8 Å². The van der Waals surface area contributed by atoms with Crippen LogP contribution < -0.4 is 10.6 Å². The predicted molar refractivity (Wildman–Crippen MR) is 79.7 cm³/mol. The van der Waals surface area contributed by atoms with Crippen molar-refractivity contribution in [3.63, 3.8) is 0 Å². The van der Waals surface area contributed by atoms with Gasteiger partial charge in [0.15, 0.2) is 0 Å². The van der Waals surface area contributed by atoms with Gasteiger partial charge >= 0.3 is 6.03 Å². The Labute approximate surface area is 118 Å². The Morgan fingerprint density at radius 1 is 1.37 bits per heavy atom. The van der Waals surface area contributed by atoms with Gasteiger partial charge in [-0.1, -0.05) is 18.2 Å². The minimum atomic E-state index is -0.0375. The van der Waals surface area contributed by atoms with Crippen LogP contribution in [-0.4, -0.2) is 49.9 Å². The standard InChI is InChI=1S/C14H21N3OS/c1-17(2)14(18)16-8-7-15-10-12-9-11-5-3-4-6-13(11)19-12/h3-6,12,15H,7-10H2,1-2H3,(H,16,18). The first-order valence-electron chi connectivity index (χ1n) is 6.57. The van der Waals surface area contributed by atoms with Gasteiger partial charge in [0.25, 0.3) is 0 Å². The van der Waals surface area contributed by atoms with Crippen molar-refractivity contribution in [3.8, 4) is 0 Å². The molecule has 19 heavy (non-hydrogen) atoms. The molecule has 2 rings (SSSR count). The number of nitrogens with one attached hydrogen (secondary N) is 2. The third-order valence-corrected chi connectivity index (χ3v) is 4.39. The lowest BCUT2D eigenvalue weighted by Gasteiger charge is -2.13. The second-order valence-electron chi connectivity index (χ2n) is 4.88. The molecular formula is C14H21N3OS. The van der Waals surface area contributed by atoms with E-state index in [1.165, 1.54) is 10.5 Å². The number of hydrogen-bond acceptors (Lipinski definition) is 3. The average molecular weight is 279 g/mol. The monoisotopic (exact) mass is 279 g/mol. The van der Waals surface area contributed by atoms with Crippen LogP contribution in [0.3, 0.4) is 0 Å². The molecule has 4 nitrogen and oxygen atoms in total. The molecule has 104 valence electrons. The summed E-state index contributed by atoms with van der Waals surface area (Å²) in [5, 5.41) is 6.86. The van der Waals surface area contributed by atoms with Crippen LogP contribution in [0.1, 0.15) is 5.56 Å². The summed E-state index contributed by atoms with van der Waals surface area (Å²) in [5.41, 5.74) is 1.46. The number of amides is 2. The first-order valence-corrected chi connectivity index (χ1v) is 7.45. The van der Waals surface area contributed by atoms with Crippen molar-refractivity contribution in [2.45, 2.75) is 16.6 Å². The lowest BCUT2D eigenvalue weighted by Crippen LogP contribution is -2.39. The molecule has 0 saturated heterocycles. The topological polar surface area (TPSA) is 44.4 Å². The van der Waals surface area contributed by atoms with Gasteiger partial charge in [-0.2, -0.15) is 0 Å². The maximum absolute atomic E-state index is 11.3. The zero-order valence-corrected chi connectivity index (χ0v) is 12.3. The molecule has 0 fully saturated rings. The average Bonchev–Trinajstić information content (AvgIpc) is 2.80. The van der Waals surface area contributed by atoms with Gasteiger partial charge in [-0.25, -0.2) is 4.79 Å². The van der Waals surface area contributed by atoms with E-state index in [-0.39, 0.29) is 6.03 Å². The molecule has 5 heteroatoms. The molecule has 0 saturated carbocycles. The Morgan fingerprint density at radius 3 is 2.89 bits per heavy atom. The van der Waals surface area contributed by atoms with Gasteiger partial charge in [-0.15, -0.1) is 11.8 Å². The van der Waals surface area contributed by atoms with Crippen LogP contribution in [0.5, 0.6) is 0 Å². The third-order valence-electron chi connectivity index (χ3n) is 3.07. The molecule has 1 heterocycles. The molecule has 1 aliphatic heterocycles. The molecule has 0 aliphatic carbocycles. The number of rotatable bonds is 5. The van der Waals surface area contributed by atoms with Gasteiger partial charge in [0.05, 0.1) is 0 Å². The molecule has 1 aromatic carbocycles. The first kappa shape index (κ1) is 14.2. The molecule has 2 N–H and O–H groups in total. The van der Waals surface area contributed by atoms with E-state index in [1.807, 2.05) is 11.8 Å². The van der Waals surface area contributed by atoms with Crippen LogP contribution in [0.4, 0.5) is 4.79 Å². The van der Waals surface area contributed by atoms with Gasteiger partial charge in [-0.05, 0) is 18.1 Å². The van der Waals surface area contributed by atoms with Crippen LogP contribution in [-0.2, 0) is 6.42 Å². The molecule has 0 aromatic heterocycles. The number of fused-ring (bicyclic) bond motifs is 1. The quantitative estimate of drug-likeness (QED) is 0.804. The molecule has 0 spiro atoms. The van der Waals surface area contributed by atoms with E-state index in [2.05, 4.69) is 34.9 Å². The highest BCUT2D eigenvalue weighted by Crippen LogP contribution is 2.36. The molecule has 2 amide bonds. The fraction of sp³-hybridized carbons (Fsp3) is 0.500. The SMILES string of the molecule is CN(C)C(=O)NCCNCC1Cc2ccccc2S1. The fourth-order valence-electron chi connectivity index (χ4n) is 2.05. The number of carbonyl (C=O) groups is 1. The van der Waals surface area contributed by atoms with Gasteiger partial charge in [0.1, 0.15) is 0 Å². The highest BCUT2D eigenvalue weighted by atomic mass is 32.2. The summed E-state index contributed by atoms with van der Waals surface area (Å²) >= 11 is 1.95. The molecule has 1 aromatic rings. The van der Waals surface area contributed by atoms with Crippen molar-refractivity contribution < 1.29 is 4.79 Å². The summed E-state index contributed by atoms with van der Waals surface area (Å²) in [4.78, 5) is 14.3. The van der Waals surface area contributed by atoms with Gasteiger partial charge in [-0.3, -0.25) is 0 Å². The number of hydrogen-bond donors (Lipinski definition) is 2. The highest BCUT2D eigenvalue weighted by Gasteiger charge is 2.20. The smallest absolute Gasteiger partial charge is 0.316 e. The molecule has 0 radical (unpaired) electrons. The van der Waals surface area contributed by atoms with E-state index in [0.29, 0.717) is 11.8 Å². The Hall–Kier alpha value is -1.20. The van der Waals surface area contributed by atoms with Gasteiger partial charge < -0.3 is 15.5 Å². The van der Waals surface area contributed by atoms with E-state index in [9.17, 15) is 4.79 Å². The van der Waals surface area contributed by atoms with E-state index >= 15 is 0 Å². The van der Waals surface area contributed by atoms with Crippen LogP contribution in [0.25, 0.3) is 0 Å². The first-order chi connectivity index (χ1) is 9.16. The Morgan fingerprint density at radius 2 is 2.16 bits per heavy atom. The van der Waals surface area contributed by atoms with Crippen molar-refractivity contribution >= 4 is 17.8 Å². The van der Waals surface area contributed by atoms with E-state index in [4.69, 9.17) is 0 Å². The van der Waals surface area contributed by atoms with Crippen molar-refractivity contribution in [1.82, 2.24) is 15.5 Å². The number of thioether (sulfide) groups is 1. The zero-order valence-electron chi connectivity index (χ0n) is 11.5. The van der Waals surface area contributed by atoms with Crippen LogP contribution in [0, 0.1) is 0 Å². The molecule has 1 unspecified atom stereocenters. The second kappa shape index (κ2) is 6.82. The summed E-state index contributed by atoms with van der Waals surface area (Å²) in [5.74, 6) is 0. The summed E-state index contributed by atoms with van der Waals surface area (Å²) in [6.45, 7) is 2.46. The van der Waals surface area contributed by atoms with E-state index in [1.54, 1.807) is 19.0 Å². The normalized spacial score (nSPS) is 17.1. The minimum absolute atomic E-state index is 0.0375. The molecule has 1 aliphatic rings. The third kappa shape index (κ3) is 4.14. The Kier molecular flexibility index (Phi) is 5.10. The number of benzene rings is 1. The summed E-state index contributed by atoms with van der Waals surface area (Å²) in [6, 6.07) is 8.56. The molecule has 1 atom stereocenters. The van der Waals surface area contributed by atoms with Gasteiger partial charge in [0, 0.05) is 43.9 Å². The molecular weight excluding hydrogens is 258 g/mol. The summed E-state index contributed by atoms with van der Waals surface area (Å²) < 4.78 is 0. The summed E-state index contributed by atoms with van der Waals surface area (Å²) in [7, 11) is 3.49. The van der Waals surface area contributed by atoms with Gasteiger partial charge in [0.2, 0.25) is 0 Å². The number of urea groups is 1. The fourth-order valence-corrected chi connectivity index (χ4v) is 3.33. The largest absolute Gasteiger partial charge is 0.337 e. The highest BCUT2D eigenvalue weighted by molar-refractivity contribution is 8.00. The van der Waals surface area contributed by atoms with Crippen LogP contribution in [0.15, 0.2) is 29.2 Å². The Balaban J connectivity index is 1.60. The Bertz CT molecular complexity index is 411. The maximum atomic E-state index is 11.3.